The molecule has 0 N–H and O–H groups in total. The van der Waals surface area contributed by atoms with Crippen molar-refractivity contribution in [3.8, 4) is 0 Å². The van der Waals surface area contributed by atoms with E-state index in [1.54, 1.807) is 25.1 Å². The zero-order valence-electron chi connectivity index (χ0n) is 10.4. The number of aryl methyl sites for hydroxylation is 1. The molecule has 0 saturated heterocycles. The Kier molecular flexibility index (Phi) is 3.85. The molecule has 2 aromatic rings. The van der Waals surface area contributed by atoms with Crippen LogP contribution in [0.3, 0.4) is 0 Å². The third kappa shape index (κ3) is 3.35. The van der Waals surface area contributed by atoms with Crippen molar-refractivity contribution in [2.24, 2.45) is 0 Å². The van der Waals surface area contributed by atoms with Gasteiger partial charge in [0.1, 0.15) is 11.6 Å². The monoisotopic (exact) mass is 258 g/mol. The van der Waals surface area contributed by atoms with Crippen molar-refractivity contribution in [2.75, 3.05) is 0 Å². The summed E-state index contributed by atoms with van der Waals surface area (Å²) in [6.07, 6.45) is 2.99. The van der Waals surface area contributed by atoms with Gasteiger partial charge in [0.15, 0.2) is 5.78 Å². The van der Waals surface area contributed by atoms with Crippen LogP contribution in [0.4, 0.5) is 8.78 Å². The van der Waals surface area contributed by atoms with Crippen LogP contribution in [0.15, 0.2) is 48.5 Å². The number of hydrogen-bond acceptors (Lipinski definition) is 1. The van der Waals surface area contributed by atoms with E-state index >= 15 is 0 Å². The highest BCUT2D eigenvalue weighted by Gasteiger charge is 2.04. The number of carbonyl (C=O) groups is 1. The molecule has 2 aromatic carbocycles. The van der Waals surface area contributed by atoms with Gasteiger partial charge >= 0.3 is 0 Å². The Morgan fingerprint density at radius 2 is 1.74 bits per heavy atom. The number of allylic oxidation sites excluding steroid dienone is 1. The quantitative estimate of drug-likeness (QED) is 0.596. The minimum Gasteiger partial charge on any atom is -0.289 e. The van der Waals surface area contributed by atoms with Gasteiger partial charge in [-0.3, -0.25) is 4.79 Å². The van der Waals surface area contributed by atoms with Gasteiger partial charge in [-0.15, -0.1) is 0 Å². The summed E-state index contributed by atoms with van der Waals surface area (Å²) in [7, 11) is 0. The molecule has 0 fully saturated rings. The lowest BCUT2D eigenvalue weighted by atomic mass is 10.1. The zero-order chi connectivity index (χ0) is 13.8. The standard InChI is InChI=1S/C16H12F2O/c1-11-10-13(5-8-15(11)18)16(19)9-4-12-2-6-14(17)7-3-12/h2-10H,1H3. The molecule has 19 heavy (non-hydrogen) atoms. The van der Waals surface area contributed by atoms with E-state index in [1.807, 2.05) is 0 Å². The van der Waals surface area contributed by atoms with Crippen LogP contribution in [-0.2, 0) is 0 Å². The van der Waals surface area contributed by atoms with E-state index in [9.17, 15) is 13.6 Å². The van der Waals surface area contributed by atoms with Crippen molar-refractivity contribution >= 4 is 11.9 Å². The average molecular weight is 258 g/mol. The van der Waals surface area contributed by atoms with Crippen molar-refractivity contribution in [3.05, 3.63) is 76.9 Å². The van der Waals surface area contributed by atoms with Crippen molar-refractivity contribution in [3.63, 3.8) is 0 Å². The number of halogens is 2. The second kappa shape index (κ2) is 5.57. The van der Waals surface area contributed by atoms with E-state index in [2.05, 4.69) is 0 Å². The van der Waals surface area contributed by atoms with Gasteiger partial charge in [0, 0.05) is 5.56 Å². The predicted octanol–water partition coefficient (Wildman–Crippen LogP) is 4.17. The molecule has 2 rings (SSSR count). The minimum absolute atomic E-state index is 0.215. The summed E-state index contributed by atoms with van der Waals surface area (Å²) in [5.41, 5.74) is 1.59. The smallest absolute Gasteiger partial charge is 0.185 e. The molecule has 0 saturated carbocycles. The first-order valence-corrected chi connectivity index (χ1v) is 5.80. The van der Waals surface area contributed by atoms with Gasteiger partial charge in [0.2, 0.25) is 0 Å². The van der Waals surface area contributed by atoms with Crippen LogP contribution in [0, 0.1) is 18.6 Å². The van der Waals surface area contributed by atoms with Gasteiger partial charge in [0.05, 0.1) is 0 Å². The van der Waals surface area contributed by atoms with Gasteiger partial charge in [-0.25, -0.2) is 8.78 Å². The number of ketones is 1. The lowest BCUT2D eigenvalue weighted by Gasteiger charge is -1.99. The normalized spacial score (nSPS) is 10.9. The Labute approximate surface area is 110 Å². The largest absolute Gasteiger partial charge is 0.289 e. The number of benzene rings is 2. The number of rotatable bonds is 3. The molecule has 0 heterocycles. The SMILES string of the molecule is Cc1cc(C(=O)C=Cc2ccc(F)cc2)ccc1F. The summed E-state index contributed by atoms with van der Waals surface area (Å²) in [4.78, 5) is 11.9. The molecule has 0 bridgehead atoms. The maximum atomic E-state index is 13.1. The molecular weight excluding hydrogens is 246 g/mol. The molecule has 0 unspecified atom stereocenters. The second-order valence-corrected chi connectivity index (χ2v) is 4.21. The van der Waals surface area contributed by atoms with Gasteiger partial charge < -0.3 is 0 Å². The van der Waals surface area contributed by atoms with Crippen molar-refractivity contribution < 1.29 is 13.6 Å². The van der Waals surface area contributed by atoms with E-state index in [1.165, 1.54) is 36.4 Å². The summed E-state index contributed by atoms with van der Waals surface area (Å²) in [5, 5.41) is 0. The first-order valence-electron chi connectivity index (χ1n) is 5.80. The second-order valence-electron chi connectivity index (χ2n) is 4.21. The van der Waals surface area contributed by atoms with E-state index in [-0.39, 0.29) is 17.4 Å². The Bertz CT molecular complexity index is 628. The fourth-order valence-corrected chi connectivity index (χ4v) is 1.64. The van der Waals surface area contributed by atoms with Crippen molar-refractivity contribution in [1.82, 2.24) is 0 Å². The minimum atomic E-state index is -0.334. The first kappa shape index (κ1) is 13.1. The van der Waals surface area contributed by atoms with E-state index in [0.717, 1.165) is 5.56 Å². The Morgan fingerprint density at radius 3 is 2.37 bits per heavy atom. The van der Waals surface area contributed by atoms with Crippen LogP contribution in [0.2, 0.25) is 0 Å². The van der Waals surface area contributed by atoms with Gasteiger partial charge in [-0.1, -0.05) is 18.2 Å². The molecule has 0 aliphatic carbocycles. The summed E-state index contributed by atoms with van der Waals surface area (Å²) in [5.74, 6) is -0.871. The van der Waals surface area contributed by atoms with E-state index in [4.69, 9.17) is 0 Å². The van der Waals surface area contributed by atoms with E-state index < -0.39 is 0 Å². The predicted molar refractivity (Wildman–Crippen MR) is 70.9 cm³/mol. The molecule has 0 atom stereocenters. The molecule has 0 aliphatic heterocycles. The molecule has 96 valence electrons. The first-order chi connectivity index (χ1) is 9.06. The summed E-state index contributed by atoms with van der Waals surface area (Å²) < 4.78 is 25.8. The summed E-state index contributed by atoms with van der Waals surface area (Å²) >= 11 is 0. The third-order valence-corrected chi connectivity index (χ3v) is 2.74. The van der Waals surface area contributed by atoms with Gasteiger partial charge in [-0.05, 0) is 54.5 Å². The molecule has 3 heteroatoms. The van der Waals surface area contributed by atoms with Crippen LogP contribution in [-0.4, -0.2) is 5.78 Å². The lowest BCUT2D eigenvalue weighted by molar-refractivity contribution is 0.104. The topological polar surface area (TPSA) is 17.1 Å². The Morgan fingerprint density at radius 1 is 1.05 bits per heavy atom. The van der Waals surface area contributed by atoms with Crippen LogP contribution in [0.5, 0.6) is 0 Å². The Hall–Kier alpha value is -2.29. The highest BCUT2D eigenvalue weighted by molar-refractivity contribution is 6.06. The van der Waals surface area contributed by atoms with Crippen LogP contribution in [0.1, 0.15) is 21.5 Å². The number of hydrogen-bond donors (Lipinski definition) is 0. The Balaban J connectivity index is 2.16. The van der Waals surface area contributed by atoms with E-state index in [0.29, 0.717) is 11.1 Å². The molecule has 0 radical (unpaired) electrons. The lowest BCUT2D eigenvalue weighted by Crippen LogP contribution is -1.96. The summed E-state index contributed by atoms with van der Waals surface area (Å²) in [6.45, 7) is 1.61. The summed E-state index contributed by atoms with van der Waals surface area (Å²) in [6, 6.07) is 10.0. The van der Waals surface area contributed by atoms with Crippen LogP contribution in [0.25, 0.3) is 6.08 Å². The van der Waals surface area contributed by atoms with Crippen molar-refractivity contribution in [1.29, 1.82) is 0 Å². The molecule has 0 aliphatic rings. The molecule has 0 aromatic heterocycles. The highest BCUT2D eigenvalue weighted by Crippen LogP contribution is 2.11. The maximum absolute atomic E-state index is 13.1. The van der Waals surface area contributed by atoms with Gasteiger partial charge in [-0.2, -0.15) is 0 Å². The molecule has 1 nitrogen and oxygen atoms in total. The maximum Gasteiger partial charge on any atom is 0.185 e. The third-order valence-electron chi connectivity index (χ3n) is 2.74. The zero-order valence-corrected chi connectivity index (χ0v) is 10.4. The fourth-order valence-electron chi connectivity index (χ4n) is 1.64. The van der Waals surface area contributed by atoms with Crippen molar-refractivity contribution in [2.45, 2.75) is 6.92 Å². The average Bonchev–Trinajstić information content (AvgIpc) is 2.41. The van der Waals surface area contributed by atoms with Crippen LogP contribution < -0.4 is 0 Å². The van der Waals surface area contributed by atoms with Crippen LogP contribution >= 0.6 is 0 Å². The molecular formula is C16H12F2O. The fraction of sp³-hybridized carbons (Fsp3) is 0.0625. The molecule has 0 amide bonds. The molecule has 0 spiro atoms. The number of carbonyl (C=O) groups excluding carboxylic acids is 1. The van der Waals surface area contributed by atoms with Gasteiger partial charge in [0.25, 0.3) is 0 Å². The highest BCUT2D eigenvalue weighted by atomic mass is 19.1.